The van der Waals surface area contributed by atoms with Gasteiger partial charge in [0.15, 0.2) is 23.9 Å². The van der Waals surface area contributed by atoms with Crippen LogP contribution in [0.5, 0.6) is 11.5 Å². The molecule has 0 aliphatic heterocycles. The molecule has 2 aromatic carbocycles. The second-order valence-corrected chi connectivity index (χ2v) is 5.55. The molecule has 0 saturated carbocycles. The fraction of sp³-hybridized carbons (Fsp3) is 0.263. The van der Waals surface area contributed by atoms with Crippen LogP contribution in [0.4, 0.5) is 4.39 Å². The number of rotatable bonds is 7. The van der Waals surface area contributed by atoms with Gasteiger partial charge in [0, 0.05) is 5.56 Å². The van der Waals surface area contributed by atoms with Crippen LogP contribution in [-0.4, -0.2) is 25.4 Å². The van der Waals surface area contributed by atoms with Crippen LogP contribution in [0.1, 0.15) is 35.8 Å². The smallest absolute Gasteiger partial charge is 0.258 e. The van der Waals surface area contributed by atoms with Gasteiger partial charge in [-0.2, -0.15) is 0 Å². The summed E-state index contributed by atoms with van der Waals surface area (Å²) >= 11 is 0. The Morgan fingerprint density at radius 2 is 1.80 bits per heavy atom. The molecule has 5 nitrogen and oxygen atoms in total. The van der Waals surface area contributed by atoms with Gasteiger partial charge in [-0.25, -0.2) is 4.39 Å². The number of hydrogen-bond acceptors (Lipinski definition) is 4. The van der Waals surface area contributed by atoms with Gasteiger partial charge in [0.2, 0.25) is 0 Å². The number of ketones is 1. The van der Waals surface area contributed by atoms with Gasteiger partial charge >= 0.3 is 0 Å². The topological polar surface area (TPSA) is 64.6 Å². The van der Waals surface area contributed by atoms with Crippen LogP contribution in [0.3, 0.4) is 0 Å². The Morgan fingerprint density at radius 1 is 1.12 bits per heavy atom. The average molecular weight is 345 g/mol. The molecule has 0 bridgehead atoms. The van der Waals surface area contributed by atoms with Crippen LogP contribution in [0, 0.1) is 5.82 Å². The van der Waals surface area contributed by atoms with E-state index >= 15 is 0 Å². The maximum Gasteiger partial charge on any atom is 0.258 e. The van der Waals surface area contributed by atoms with Gasteiger partial charge in [0.05, 0.1) is 13.2 Å². The van der Waals surface area contributed by atoms with Crippen molar-refractivity contribution in [2.45, 2.75) is 19.9 Å². The van der Waals surface area contributed by atoms with Crippen molar-refractivity contribution >= 4 is 11.7 Å². The minimum absolute atomic E-state index is 0.0873. The summed E-state index contributed by atoms with van der Waals surface area (Å²) < 4.78 is 23.6. The average Bonchev–Trinajstić information content (AvgIpc) is 2.60. The van der Waals surface area contributed by atoms with Crippen molar-refractivity contribution in [2.24, 2.45) is 0 Å². The molecule has 0 aromatic heterocycles. The van der Waals surface area contributed by atoms with Crippen LogP contribution in [-0.2, 0) is 4.79 Å². The van der Waals surface area contributed by atoms with Crippen LogP contribution in [0.25, 0.3) is 0 Å². The molecule has 0 saturated heterocycles. The SMILES string of the molecule is COc1cc(C(C)=O)ccc1OCC(=O)N[C@H](C)c1ccc(F)cc1. The van der Waals surface area contributed by atoms with Gasteiger partial charge in [-0.15, -0.1) is 0 Å². The summed E-state index contributed by atoms with van der Waals surface area (Å²) in [5.41, 5.74) is 1.29. The number of amides is 1. The molecule has 1 amide bonds. The first-order valence-electron chi connectivity index (χ1n) is 7.77. The number of carbonyl (C=O) groups is 2. The lowest BCUT2D eigenvalue weighted by atomic mass is 10.1. The van der Waals surface area contributed by atoms with Crippen LogP contribution in [0.2, 0.25) is 0 Å². The lowest BCUT2D eigenvalue weighted by Gasteiger charge is -2.15. The number of ether oxygens (including phenoxy) is 2. The lowest BCUT2D eigenvalue weighted by molar-refractivity contribution is -0.123. The zero-order chi connectivity index (χ0) is 18.4. The van der Waals surface area contributed by atoms with E-state index in [1.165, 1.54) is 26.2 Å². The molecule has 0 radical (unpaired) electrons. The van der Waals surface area contributed by atoms with E-state index in [0.29, 0.717) is 17.1 Å². The number of carbonyl (C=O) groups excluding carboxylic acids is 2. The fourth-order valence-corrected chi connectivity index (χ4v) is 2.27. The number of halogens is 1. The summed E-state index contributed by atoms with van der Waals surface area (Å²) in [4.78, 5) is 23.4. The quantitative estimate of drug-likeness (QED) is 0.782. The molecule has 2 rings (SSSR count). The van der Waals surface area contributed by atoms with E-state index in [1.54, 1.807) is 37.3 Å². The van der Waals surface area contributed by atoms with Crippen LogP contribution >= 0.6 is 0 Å². The number of hydrogen-bond donors (Lipinski definition) is 1. The van der Waals surface area contributed by atoms with E-state index in [-0.39, 0.29) is 30.2 Å². The molecule has 0 fully saturated rings. The van der Waals surface area contributed by atoms with E-state index in [0.717, 1.165) is 5.56 Å². The number of Topliss-reactive ketones (excluding diaryl/α,β-unsaturated/α-hetero) is 1. The Balaban J connectivity index is 1.95. The molecule has 0 aliphatic carbocycles. The number of nitrogens with one attached hydrogen (secondary N) is 1. The summed E-state index contributed by atoms with van der Waals surface area (Å²) in [6.45, 7) is 3.05. The van der Waals surface area contributed by atoms with Gasteiger partial charge in [-0.3, -0.25) is 9.59 Å². The second kappa shape index (κ2) is 8.28. The highest BCUT2D eigenvalue weighted by Crippen LogP contribution is 2.28. The Labute approximate surface area is 145 Å². The van der Waals surface area contributed by atoms with Crippen molar-refractivity contribution in [2.75, 3.05) is 13.7 Å². The first-order chi connectivity index (χ1) is 11.9. The number of methoxy groups -OCH3 is 1. The van der Waals surface area contributed by atoms with Gasteiger partial charge in [-0.1, -0.05) is 12.1 Å². The highest BCUT2D eigenvalue weighted by atomic mass is 19.1. The monoisotopic (exact) mass is 345 g/mol. The van der Waals surface area contributed by atoms with E-state index in [2.05, 4.69) is 5.32 Å². The molecule has 6 heteroatoms. The Bertz CT molecular complexity index is 759. The molecule has 25 heavy (non-hydrogen) atoms. The standard InChI is InChI=1S/C19H20FNO4/c1-12(14-4-7-16(20)8-5-14)21-19(23)11-25-17-9-6-15(13(2)22)10-18(17)24-3/h4-10,12H,11H2,1-3H3,(H,21,23)/t12-/m1/s1. The van der Waals surface area contributed by atoms with Crippen molar-refractivity contribution in [3.05, 3.63) is 59.4 Å². The van der Waals surface area contributed by atoms with E-state index in [9.17, 15) is 14.0 Å². The van der Waals surface area contributed by atoms with Gasteiger partial charge in [0.1, 0.15) is 5.82 Å². The molecular formula is C19H20FNO4. The first kappa shape index (κ1) is 18.4. The summed E-state index contributed by atoms with van der Waals surface area (Å²) in [5.74, 6) is 0.0149. The minimum atomic E-state index is -0.327. The normalized spacial score (nSPS) is 11.5. The molecule has 0 aliphatic rings. The minimum Gasteiger partial charge on any atom is -0.493 e. The van der Waals surface area contributed by atoms with E-state index in [4.69, 9.17) is 9.47 Å². The maximum atomic E-state index is 12.9. The predicted molar refractivity (Wildman–Crippen MR) is 91.5 cm³/mol. The highest BCUT2D eigenvalue weighted by molar-refractivity contribution is 5.94. The van der Waals surface area contributed by atoms with Crippen LogP contribution in [0.15, 0.2) is 42.5 Å². The summed E-state index contributed by atoms with van der Waals surface area (Å²) in [6.07, 6.45) is 0. The molecule has 0 heterocycles. The number of benzene rings is 2. The maximum absolute atomic E-state index is 12.9. The van der Waals surface area contributed by atoms with Crippen molar-refractivity contribution in [1.82, 2.24) is 5.32 Å². The summed E-state index contributed by atoms with van der Waals surface area (Å²) in [7, 11) is 1.46. The van der Waals surface area contributed by atoms with Crippen molar-refractivity contribution in [3.8, 4) is 11.5 Å². The van der Waals surface area contributed by atoms with E-state index in [1.807, 2.05) is 0 Å². The van der Waals surface area contributed by atoms with Crippen molar-refractivity contribution < 1.29 is 23.5 Å². The third kappa shape index (κ3) is 5.04. The van der Waals surface area contributed by atoms with Crippen molar-refractivity contribution in [3.63, 3.8) is 0 Å². The summed E-state index contributed by atoms with van der Waals surface area (Å²) in [6, 6.07) is 10.4. The molecule has 1 atom stereocenters. The van der Waals surface area contributed by atoms with Gasteiger partial charge in [-0.05, 0) is 49.7 Å². The Morgan fingerprint density at radius 3 is 2.40 bits per heavy atom. The van der Waals surface area contributed by atoms with Gasteiger partial charge in [0.25, 0.3) is 5.91 Å². The first-order valence-corrected chi connectivity index (χ1v) is 7.77. The Hall–Kier alpha value is -2.89. The third-order valence-electron chi connectivity index (χ3n) is 3.68. The highest BCUT2D eigenvalue weighted by Gasteiger charge is 2.13. The Kier molecular flexibility index (Phi) is 6.11. The summed E-state index contributed by atoms with van der Waals surface area (Å²) in [5, 5.41) is 2.77. The third-order valence-corrected chi connectivity index (χ3v) is 3.68. The molecule has 1 N–H and O–H groups in total. The molecular weight excluding hydrogens is 325 g/mol. The molecule has 0 spiro atoms. The predicted octanol–water partition coefficient (Wildman–Crippen LogP) is 3.29. The molecule has 0 unspecified atom stereocenters. The van der Waals surface area contributed by atoms with Crippen LogP contribution < -0.4 is 14.8 Å². The molecule has 132 valence electrons. The zero-order valence-corrected chi connectivity index (χ0v) is 14.3. The van der Waals surface area contributed by atoms with E-state index < -0.39 is 0 Å². The second-order valence-electron chi connectivity index (χ2n) is 5.55. The van der Waals surface area contributed by atoms with Gasteiger partial charge < -0.3 is 14.8 Å². The fourth-order valence-electron chi connectivity index (χ4n) is 2.27. The largest absolute Gasteiger partial charge is 0.493 e. The van der Waals surface area contributed by atoms with Crippen molar-refractivity contribution in [1.29, 1.82) is 0 Å². The zero-order valence-electron chi connectivity index (χ0n) is 14.3. The lowest BCUT2D eigenvalue weighted by Crippen LogP contribution is -2.31. The molecule has 2 aromatic rings.